The van der Waals surface area contributed by atoms with Gasteiger partial charge in [0, 0.05) is 5.92 Å². The molecule has 3 rings (SSSR count). The van der Waals surface area contributed by atoms with Crippen molar-refractivity contribution in [2.24, 2.45) is 44.6 Å². The third kappa shape index (κ3) is 26.3. The van der Waals surface area contributed by atoms with Crippen molar-refractivity contribution in [2.45, 2.75) is 175 Å². The highest BCUT2D eigenvalue weighted by molar-refractivity contribution is 5.82. The highest BCUT2D eigenvalue weighted by atomic mass is 16.7. The van der Waals surface area contributed by atoms with E-state index in [9.17, 15) is 28.8 Å². The van der Waals surface area contributed by atoms with Crippen molar-refractivity contribution in [1.82, 2.24) is 5.32 Å². The van der Waals surface area contributed by atoms with Gasteiger partial charge in [0.1, 0.15) is 24.7 Å². The molecule has 1 aromatic carbocycles. The number of hydrogen-bond acceptors (Lipinski definition) is 16. The summed E-state index contributed by atoms with van der Waals surface area (Å²) >= 11 is 0. The van der Waals surface area contributed by atoms with Gasteiger partial charge in [-0.15, -0.1) is 0 Å². The molecule has 4 unspecified atom stereocenters. The van der Waals surface area contributed by atoms with E-state index in [1.807, 2.05) is 83.1 Å². The molecule has 0 aromatic heterocycles. The lowest BCUT2D eigenvalue weighted by atomic mass is 9.74. The van der Waals surface area contributed by atoms with Crippen LogP contribution in [0.5, 0.6) is 11.5 Å². The number of ether oxygens (including phenoxy) is 7. The number of carbonyl (C=O) groups is 6. The van der Waals surface area contributed by atoms with Crippen molar-refractivity contribution < 1.29 is 71.9 Å². The fourth-order valence-corrected chi connectivity index (χ4v) is 5.83. The van der Waals surface area contributed by atoms with Gasteiger partial charge in [0.15, 0.2) is 0 Å². The first-order chi connectivity index (χ1) is 33.8. The smallest absolute Gasteiger partial charge is 0.433 e. The van der Waals surface area contributed by atoms with Crippen molar-refractivity contribution in [2.75, 3.05) is 59.9 Å². The minimum atomic E-state index is -0.654. The van der Waals surface area contributed by atoms with Gasteiger partial charge in [-0.1, -0.05) is 87.7 Å². The lowest BCUT2D eigenvalue weighted by Crippen LogP contribution is -2.46. The van der Waals surface area contributed by atoms with Crippen LogP contribution in [0.25, 0.3) is 0 Å². The summed E-state index contributed by atoms with van der Waals surface area (Å²) in [6, 6.07) is 6.11. The third-order valence-electron chi connectivity index (χ3n) is 13.4. The number of hydrogen-bond donors (Lipinski definition) is 2. The van der Waals surface area contributed by atoms with Crippen molar-refractivity contribution in [3.8, 4) is 11.5 Å². The number of nitrogens with zero attached hydrogens (tertiary/aromatic N) is 1. The first-order valence-electron chi connectivity index (χ1n) is 26.1. The lowest BCUT2D eigenvalue weighted by Gasteiger charge is -2.40. The quantitative estimate of drug-likeness (QED) is 0.0198. The molecule has 2 saturated heterocycles. The van der Waals surface area contributed by atoms with Gasteiger partial charge in [-0.3, -0.25) is 28.8 Å². The van der Waals surface area contributed by atoms with E-state index in [1.165, 1.54) is 19.2 Å². The van der Waals surface area contributed by atoms with Gasteiger partial charge in [0.2, 0.25) is 0 Å². The number of methoxy groups -OCH3 is 1. The zero-order valence-electron chi connectivity index (χ0n) is 47.4. The number of phenols is 1. The number of unbranched alkanes of at least 4 members (excludes halogenated alkanes) is 1. The number of nitrogens with one attached hydrogen (secondary N) is 1. The largest absolute Gasteiger partial charge is 0.508 e. The van der Waals surface area contributed by atoms with E-state index in [0.29, 0.717) is 44.5 Å². The zero-order chi connectivity index (χ0) is 55.6. The van der Waals surface area contributed by atoms with E-state index in [0.717, 1.165) is 76.7 Å². The second-order valence-electron chi connectivity index (χ2n) is 19.7. The van der Waals surface area contributed by atoms with Gasteiger partial charge < -0.3 is 43.6 Å². The highest BCUT2D eigenvalue weighted by Crippen LogP contribution is 2.40. The molecule has 0 radical (unpaired) electrons. The van der Waals surface area contributed by atoms with Crippen LogP contribution in [-0.4, -0.2) is 107 Å². The Morgan fingerprint density at radius 2 is 1.32 bits per heavy atom. The molecule has 0 saturated carbocycles. The molecular formula is C55H96N2O15. The summed E-state index contributed by atoms with van der Waals surface area (Å²) in [5, 5.41) is 15.1. The van der Waals surface area contributed by atoms with Crippen LogP contribution in [0.1, 0.15) is 175 Å². The molecule has 2 aliphatic heterocycles. The van der Waals surface area contributed by atoms with Gasteiger partial charge in [-0.2, -0.15) is 0 Å². The second kappa shape index (κ2) is 37.0. The van der Waals surface area contributed by atoms with Crippen LogP contribution in [0.4, 0.5) is 4.79 Å². The zero-order valence-corrected chi connectivity index (χ0v) is 47.4. The Kier molecular flexibility index (Phi) is 35.7. The molecule has 2 aliphatic rings. The molecule has 1 aromatic rings. The molecule has 17 nitrogen and oxygen atoms in total. The topological polar surface area (TPSA) is 221 Å². The molecule has 1 amide bonds. The molecule has 17 heteroatoms. The Bertz CT molecular complexity index is 1740. The lowest BCUT2D eigenvalue weighted by molar-refractivity contribution is -0.173. The van der Waals surface area contributed by atoms with Crippen molar-refractivity contribution in [1.29, 1.82) is 0 Å². The van der Waals surface area contributed by atoms with Crippen LogP contribution in [0.15, 0.2) is 29.4 Å². The Balaban J connectivity index is 0. The normalized spacial score (nSPS) is 17.5. The Morgan fingerprint density at radius 3 is 1.76 bits per heavy atom. The summed E-state index contributed by atoms with van der Waals surface area (Å²) in [5.74, 6) is 0.249. The maximum absolute atomic E-state index is 11.7. The summed E-state index contributed by atoms with van der Waals surface area (Å²) in [6.45, 7) is 35.1. The maximum Gasteiger partial charge on any atom is 0.433 e. The summed E-state index contributed by atoms with van der Waals surface area (Å²) < 4.78 is 35.9. The van der Waals surface area contributed by atoms with Crippen LogP contribution in [0.2, 0.25) is 0 Å². The molecule has 0 bridgehead atoms. The summed E-state index contributed by atoms with van der Waals surface area (Å²) in [7, 11) is 1.45. The molecule has 2 fully saturated rings. The first kappa shape index (κ1) is 69.3. The monoisotopic (exact) mass is 1020 g/mol. The average molecular weight is 1030 g/mol. The van der Waals surface area contributed by atoms with E-state index >= 15 is 0 Å². The van der Waals surface area contributed by atoms with E-state index in [2.05, 4.69) is 36.1 Å². The van der Waals surface area contributed by atoms with Crippen LogP contribution < -0.4 is 10.1 Å². The van der Waals surface area contributed by atoms with Gasteiger partial charge in [0.05, 0.1) is 85.9 Å². The standard InChI is InChI=1S/C13H24N2O4.C12H16O3.C11H20O3.C10H18O3.C9H18O2/c1-6-10(3)15-19-12(17)14-8-9-18-11(16)13(4,5)7-2;1-4-12(2,3)11(14)15-10-7-5-9(13)6-8-10;1-4-9(3)10(12)14-8-11(5-2)6-13-7-11;1-4-8-6-13-7-10(8,5-2)9(11)12-3;1-4-6-7-11-9(10)8(3)5-2/h6-9H2,1-5H3,(H,14,17);5-8,13H,4H2,1-3H3;9H,4-8H2,1-3H3;8H,4-7H2,1-3H3;8H,4-7H2,1-3H3/b15-10-;;;;. The SMILES string of the molecule is CC/C(C)=N\OC(=O)NCCOC(=O)C(C)(C)CC.CCC(C)(C)C(=O)Oc1ccc(O)cc1.CCC(C)C(=O)OCC1(CC)COC1.CCC1COCC1(CC)C(=O)OC.CCCCOC(=O)C(C)CC. The van der Waals surface area contributed by atoms with Crippen molar-refractivity contribution in [3.63, 3.8) is 0 Å². The van der Waals surface area contributed by atoms with Gasteiger partial charge >= 0.3 is 35.9 Å². The fraction of sp³-hybridized carbons (Fsp3) is 0.764. The van der Waals surface area contributed by atoms with E-state index in [4.69, 9.17) is 38.3 Å². The number of benzene rings is 1. The van der Waals surface area contributed by atoms with Crippen LogP contribution in [-0.2, 0) is 57.2 Å². The van der Waals surface area contributed by atoms with Gasteiger partial charge in [0.25, 0.3) is 0 Å². The third-order valence-corrected chi connectivity index (χ3v) is 13.4. The van der Waals surface area contributed by atoms with Crippen LogP contribution in [0, 0.1) is 39.4 Å². The number of oxime groups is 1. The number of carbonyl (C=O) groups excluding carboxylic acids is 6. The molecule has 72 heavy (non-hydrogen) atoms. The fourth-order valence-electron chi connectivity index (χ4n) is 5.83. The molecule has 2 N–H and O–H groups in total. The summed E-state index contributed by atoms with van der Waals surface area (Å²) in [6.07, 6.45) is 8.04. The number of rotatable bonds is 23. The maximum atomic E-state index is 11.7. The van der Waals surface area contributed by atoms with Gasteiger partial charge in [-0.25, -0.2) is 4.79 Å². The predicted octanol–water partition coefficient (Wildman–Crippen LogP) is 11.2. The van der Waals surface area contributed by atoms with E-state index < -0.39 is 16.9 Å². The molecule has 4 atom stereocenters. The first-order valence-corrected chi connectivity index (χ1v) is 26.1. The summed E-state index contributed by atoms with van der Waals surface area (Å²) in [5.41, 5.74) is -0.501. The molecule has 416 valence electrons. The molecule has 0 aliphatic carbocycles. The Morgan fingerprint density at radius 1 is 0.764 bits per heavy atom. The number of phenolic OH excluding ortho intramolecular Hbond substituents is 1. The van der Waals surface area contributed by atoms with Crippen LogP contribution >= 0.6 is 0 Å². The predicted molar refractivity (Wildman–Crippen MR) is 279 cm³/mol. The van der Waals surface area contributed by atoms with E-state index in [1.54, 1.807) is 19.1 Å². The highest BCUT2D eigenvalue weighted by Gasteiger charge is 2.48. The number of aromatic hydroxyl groups is 1. The minimum Gasteiger partial charge on any atom is -0.508 e. The number of esters is 5. The van der Waals surface area contributed by atoms with Crippen molar-refractivity contribution in [3.05, 3.63) is 24.3 Å². The Labute approximate surface area is 432 Å². The van der Waals surface area contributed by atoms with Crippen molar-refractivity contribution >= 4 is 41.7 Å². The van der Waals surface area contributed by atoms with Gasteiger partial charge in [-0.05, 0) is 117 Å². The second-order valence-corrected chi connectivity index (χ2v) is 19.7. The van der Waals surface area contributed by atoms with E-state index in [-0.39, 0.29) is 71.4 Å². The molecule has 2 heterocycles. The molecular weight excluding hydrogens is 929 g/mol. The van der Waals surface area contributed by atoms with Crippen LogP contribution in [0.3, 0.4) is 0 Å². The number of amides is 1. The summed E-state index contributed by atoms with van der Waals surface area (Å²) in [4.78, 5) is 73.1. The minimum absolute atomic E-state index is 0.0184. The average Bonchev–Trinajstić information content (AvgIpc) is 3.81. The Hall–Kier alpha value is -4.77. The molecule has 0 spiro atoms.